The fourth-order valence-electron chi connectivity index (χ4n) is 3.90. The molecule has 1 atom stereocenters. The standard InChI is InChI=1S/C22H17FN4/c23-17-8-6-16(7-9-17)22(15-4-2-1-3-5-15)11-10-18-19(12-22)26-27-21(18)20-13-24-14-25-20/h1-11,13-14H,12H2,(H,24,25)(H,26,27). The molecular weight excluding hydrogens is 339 g/mol. The molecule has 4 aromatic rings. The minimum absolute atomic E-state index is 0.231. The molecule has 4 nitrogen and oxygen atoms in total. The summed E-state index contributed by atoms with van der Waals surface area (Å²) in [7, 11) is 0. The van der Waals surface area contributed by atoms with Crippen molar-refractivity contribution in [2.45, 2.75) is 11.8 Å². The van der Waals surface area contributed by atoms with Gasteiger partial charge in [-0.3, -0.25) is 5.10 Å². The average molecular weight is 356 g/mol. The fourth-order valence-corrected chi connectivity index (χ4v) is 3.90. The first-order valence-electron chi connectivity index (χ1n) is 8.83. The Labute approximate surface area is 155 Å². The van der Waals surface area contributed by atoms with E-state index in [1.807, 2.05) is 30.3 Å². The zero-order chi connectivity index (χ0) is 18.3. The lowest BCUT2D eigenvalue weighted by atomic mass is 9.68. The van der Waals surface area contributed by atoms with Gasteiger partial charge in [0.05, 0.1) is 18.2 Å². The maximum Gasteiger partial charge on any atom is 0.123 e. The fraction of sp³-hybridized carbons (Fsp3) is 0.0909. The third kappa shape index (κ3) is 2.51. The molecule has 5 rings (SSSR count). The smallest absolute Gasteiger partial charge is 0.123 e. The van der Waals surface area contributed by atoms with Crippen LogP contribution in [-0.4, -0.2) is 20.2 Å². The summed E-state index contributed by atoms with van der Waals surface area (Å²) in [5.74, 6) is -0.231. The first-order chi connectivity index (χ1) is 13.3. The molecule has 0 amide bonds. The Kier molecular flexibility index (Phi) is 3.53. The van der Waals surface area contributed by atoms with Gasteiger partial charge in [-0.1, -0.05) is 54.6 Å². The van der Waals surface area contributed by atoms with Crippen molar-refractivity contribution in [3.8, 4) is 11.4 Å². The van der Waals surface area contributed by atoms with E-state index >= 15 is 0 Å². The monoisotopic (exact) mass is 356 g/mol. The molecule has 0 spiro atoms. The number of aromatic nitrogens is 4. The number of hydrogen-bond donors (Lipinski definition) is 2. The molecule has 2 aromatic carbocycles. The minimum atomic E-state index is -0.375. The van der Waals surface area contributed by atoms with Crippen molar-refractivity contribution >= 4 is 6.08 Å². The first-order valence-corrected chi connectivity index (χ1v) is 8.83. The molecule has 2 aromatic heterocycles. The Balaban J connectivity index is 1.67. The van der Waals surface area contributed by atoms with Crippen LogP contribution in [0.5, 0.6) is 0 Å². The maximum atomic E-state index is 13.5. The number of imidazole rings is 1. The Morgan fingerprint density at radius 1 is 0.963 bits per heavy atom. The third-order valence-corrected chi connectivity index (χ3v) is 5.27. The van der Waals surface area contributed by atoms with E-state index in [9.17, 15) is 4.39 Å². The third-order valence-electron chi connectivity index (χ3n) is 5.27. The van der Waals surface area contributed by atoms with Crippen LogP contribution in [0.1, 0.15) is 22.4 Å². The molecule has 27 heavy (non-hydrogen) atoms. The van der Waals surface area contributed by atoms with Crippen LogP contribution in [0.4, 0.5) is 4.39 Å². The number of halogens is 1. The second-order valence-corrected chi connectivity index (χ2v) is 6.78. The maximum absolute atomic E-state index is 13.5. The Hall–Kier alpha value is -3.47. The molecule has 1 aliphatic carbocycles. The summed E-state index contributed by atoms with van der Waals surface area (Å²) in [5, 5.41) is 7.70. The van der Waals surface area contributed by atoms with Crippen molar-refractivity contribution in [2.24, 2.45) is 0 Å². The molecule has 0 bridgehead atoms. The van der Waals surface area contributed by atoms with Gasteiger partial charge in [0.25, 0.3) is 0 Å². The SMILES string of the molecule is Fc1ccc(C2(c3ccccc3)C=Cc3c(-c4cnc[nH]4)n[nH]c3C2)cc1. The first kappa shape index (κ1) is 15.8. The summed E-state index contributed by atoms with van der Waals surface area (Å²) in [6.45, 7) is 0. The predicted molar refractivity (Wildman–Crippen MR) is 103 cm³/mol. The number of rotatable bonds is 3. The second kappa shape index (κ2) is 6.06. The molecule has 2 heterocycles. The molecule has 0 saturated heterocycles. The lowest BCUT2D eigenvalue weighted by Gasteiger charge is -2.34. The van der Waals surface area contributed by atoms with Gasteiger partial charge in [-0.15, -0.1) is 0 Å². The molecule has 2 N–H and O–H groups in total. The number of nitrogens with one attached hydrogen (secondary N) is 2. The van der Waals surface area contributed by atoms with Gasteiger partial charge < -0.3 is 4.98 Å². The van der Waals surface area contributed by atoms with Crippen LogP contribution >= 0.6 is 0 Å². The number of hydrogen-bond acceptors (Lipinski definition) is 2. The van der Waals surface area contributed by atoms with E-state index in [0.29, 0.717) is 0 Å². The highest BCUT2D eigenvalue weighted by Crippen LogP contribution is 2.42. The quantitative estimate of drug-likeness (QED) is 0.568. The molecule has 0 saturated carbocycles. The largest absolute Gasteiger partial charge is 0.343 e. The van der Waals surface area contributed by atoms with Crippen LogP contribution in [0.25, 0.3) is 17.5 Å². The average Bonchev–Trinajstić information content (AvgIpc) is 3.38. The lowest BCUT2D eigenvalue weighted by Crippen LogP contribution is -2.30. The zero-order valence-corrected chi connectivity index (χ0v) is 14.5. The molecule has 1 unspecified atom stereocenters. The summed E-state index contributed by atoms with van der Waals surface area (Å²) in [5.41, 5.74) is 5.69. The summed E-state index contributed by atoms with van der Waals surface area (Å²) in [4.78, 5) is 7.20. The van der Waals surface area contributed by atoms with Gasteiger partial charge in [-0.25, -0.2) is 9.37 Å². The highest BCUT2D eigenvalue weighted by atomic mass is 19.1. The highest BCUT2D eigenvalue weighted by Gasteiger charge is 2.36. The summed E-state index contributed by atoms with van der Waals surface area (Å²) in [6.07, 6.45) is 8.44. The summed E-state index contributed by atoms with van der Waals surface area (Å²) < 4.78 is 13.5. The Morgan fingerprint density at radius 2 is 1.74 bits per heavy atom. The van der Waals surface area contributed by atoms with Crippen molar-refractivity contribution in [3.05, 3.63) is 101 Å². The highest BCUT2D eigenvalue weighted by molar-refractivity contribution is 5.74. The van der Waals surface area contributed by atoms with Gasteiger partial charge in [0.15, 0.2) is 0 Å². The minimum Gasteiger partial charge on any atom is -0.343 e. The molecule has 0 aliphatic heterocycles. The van der Waals surface area contributed by atoms with Gasteiger partial charge in [0.2, 0.25) is 0 Å². The number of H-pyrrole nitrogens is 2. The van der Waals surface area contributed by atoms with Crippen molar-refractivity contribution in [1.29, 1.82) is 0 Å². The van der Waals surface area contributed by atoms with Crippen LogP contribution in [0, 0.1) is 5.82 Å². The van der Waals surface area contributed by atoms with Gasteiger partial charge in [-0.05, 0) is 23.3 Å². The lowest BCUT2D eigenvalue weighted by molar-refractivity contribution is 0.606. The van der Waals surface area contributed by atoms with Gasteiger partial charge in [0.1, 0.15) is 11.5 Å². The molecule has 132 valence electrons. The van der Waals surface area contributed by atoms with E-state index < -0.39 is 0 Å². The van der Waals surface area contributed by atoms with Gasteiger partial charge in [0, 0.05) is 23.1 Å². The number of aromatic amines is 2. The molecule has 0 radical (unpaired) electrons. The van der Waals surface area contributed by atoms with Gasteiger partial charge in [-0.2, -0.15) is 5.10 Å². The summed E-state index contributed by atoms with van der Waals surface area (Å²) >= 11 is 0. The predicted octanol–water partition coefficient (Wildman–Crippen LogP) is 4.49. The molecule has 5 heteroatoms. The van der Waals surface area contributed by atoms with Crippen LogP contribution in [0.3, 0.4) is 0 Å². The van der Waals surface area contributed by atoms with Crippen molar-refractivity contribution < 1.29 is 4.39 Å². The van der Waals surface area contributed by atoms with E-state index in [1.165, 1.54) is 12.1 Å². The van der Waals surface area contributed by atoms with Crippen LogP contribution in [0.2, 0.25) is 0 Å². The topological polar surface area (TPSA) is 57.4 Å². The normalized spacial score (nSPS) is 18.4. The zero-order valence-electron chi connectivity index (χ0n) is 14.5. The van der Waals surface area contributed by atoms with E-state index in [-0.39, 0.29) is 11.2 Å². The Morgan fingerprint density at radius 3 is 2.48 bits per heavy atom. The van der Waals surface area contributed by atoms with E-state index in [2.05, 4.69) is 44.5 Å². The summed E-state index contributed by atoms with van der Waals surface area (Å²) in [6, 6.07) is 17.1. The molecular formula is C22H17FN4. The van der Waals surface area contributed by atoms with Crippen molar-refractivity contribution in [2.75, 3.05) is 0 Å². The Bertz CT molecular complexity index is 1100. The van der Waals surface area contributed by atoms with Crippen molar-refractivity contribution in [3.63, 3.8) is 0 Å². The molecule has 0 fully saturated rings. The van der Waals surface area contributed by atoms with E-state index in [4.69, 9.17) is 0 Å². The van der Waals surface area contributed by atoms with E-state index in [0.717, 1.165) is 40.2 Å². The van der Waals surface area contributed by atoms with Crippen LogP contribution < -0.4 is 0 Å². The number of nitrogens with zero attached hydrogens (tertiary/aromatic N) is 2. The second-order valence-electron chi connectivity index (χ2n) is 6.78. The number of benzene rings is 2. The van der Waals surface area contributed by atoms with E-state index in [1.54, 1.807) is 12.5 Å². The van der Waals surface area contributed by atoms with Crippen LogP contribution in [-0.2, 0) is 11.8 Å². The molecule has 1 aliphatic rings. The number of allylic oxidation sites excluding steroid dienone is 1. The van der Waals surface area contributed by atoms with Gasteiger partial charge >= 0.3 is 0 Å². The number of fused-ring (bicyclic) bond motifs is 1. The van der Waals surface area contributed by atoms with Crippen molar-refractivity contribution in [1.82, 2.24) is 20.2 Å². The van der Waals surface area contributed by atoms with Crippen LogP contribution in [0.15, 0.2) is 73.2 Å².